The zero-order chi connectivity index (χ0) is 16.8. The lowest BCUT2D eigenvalue weighted by Gasteiger charge is -2.32. The maximum Gasteiger partial charge on any atom is 0.339 e. The van der Waals surface area contributed by atoms with Crippen LogP contribution >= 0.6 is 11.6 Å². The number of nitrogens with one attached hydrogen (secondary N) is 1. The Balaban J connectivity index is 2.86. The molecular formula is C16H24ClNO4. The van der Waals surface area contributed by atoms with Crippen molar-refractivity contribution < 1.29 is 19.1 Å². The third-order valence-electron chi connectivity index (χ3n) is 3.02. The number of alkyl halides is 1. The second-order valence-corrected chi connectivity index (χ2v) is 6.13. The number of carbonyl (C=O) groups excluding carboxylic acids is 2. The molecule has 0 aliphatic carbocycles. The Morgan fingerprint density at radius 3 is 2.32 bits per heavy atom. The standard InChI is InChI=1S/C16H24ClNO4/c1-11(2)21-14(19)13-6-8-16(18-10-13,7-5-9-17)15(20)22-12(3)4/h6,8,10-12,18H,5,7,9H2,1-4H3. The van der Waals surface area contributed by atoms with Crippen molar-refractivity contribution in [2.45, 2.75) is 58.3 Å². The van der Waals surface area contributed by atoms with Gasteiger partial charge in [-0.2, -0.15) is 0 Å². The van der Waals surface area contributed by atoms with Crippen molar-refractivity contribution in [1.29, 1.82) is 0 Å². The molecule has 124 valence electrons. The van der Waals surface area contributed by atoms with E-state index in [0.717, 1.165) is 0 Å². The molecule has 0 bridgehead atoms. The lowest BCUT2D eigenvalue weighted by atomic mass is 9.90. The molecule has 1 aliphatic rings. The molecule has 0 amide bonds. The van der Waals surface area contributed by atoms with Gasteiger partial charge in [0, 0.05) is 12.1 Å². The van der Waals surface area contributed by atoms with Crippen molar-refractivity contribution in [3.63, 3.8) is 0 Å². The first-order valence-electron chi connectivity index (χ1n) is 7.46. The number of hydrogen-bond donors (Lipinski definition) is 1. The molecule has 0 spiro atoms. The van der Waals surface area contributed by atoms with E-state index < -0.39 is 11.5 Å². The first-order valence-corrected chi connectivity index (χ1v) is 7.99. The number of esters is 2. The second kappa shape index (κ2) is 8.22. The van der Waals surface area contributed by atoms with Crippen LogP contribution in [0.4, 0.5) is 0 Å². The number of carbonyl (C=O) groups is 2. The molecular weight excluding hydrogens is 306 g/mol. The maximum absolute atomic E-state index is 12.4. The van der Waals surface area contributed by atoms with E-state index in [1.807, 2.05) is 0 Å². The number of hydrogen-bond acceptors (Lipinski definition) is 5. The summed E-state index contributed by atoms with van der Waals surface area (Å²) in [5.74, 6) is -0.364. The van der Waals surface area contributed by atoms with Crippen LogP contribution in [0.2, 0.25) is 0 Å². The molecule has 1 atom stereocenters. The summed E-state index contributed by atoms with van der Waals surface area (Å²) in [6.45, 7) is 7.15. The predicted molar refractivity (Wildman–Crippen MR) is 85.5 cm³/mol. The van der Waals surface area contributed by atoms with Gasteiger partial charge in [0.25, 0.3) is 0 Å². The average Bonchev–Trinajstić information content (AvgIpc) is 2.44. The summed E-state index contributed by atoms with van der Waals surface area (Å²) < 4.78 is 10.4. The van der Waals surface area contributed by atoms with Crippen molar-refractivity contribution in [3.8, 4) is 0 Å². The fourth-order valence-electron chi connectivity index (χ4n) is 1.99. The molecule has 1 heterocycles. The minimum absolute atomic E-state index is 0.198. The zero-order valence-corrected chi connectivity index (χ0v) is 14.3. The van der Waals surface area contributed by atoms with Crippen LogP contribution in [0.1, 0.15) is 40.5 Å². The van der Waals surface area contributed by atoms with Crippen LogP contribution in [0.5, 0.6) is 0 Å². The number of dihydropyridines is 1. The molecule has 0 saturated carbocycles. The summed E-state index contributed by atoms with van der Waals surface area (Å²) in [5, 5.41) is 2.99. The van der Waals surface area contributed by atoms with Crippen molar-refractivity contribution in [3.05, 3.63) is 23.9 Å². The highest BCUT2D eigenvalue weighted by atomic mass is 35.5. The highest BCUT2D eigenvalue weighted by Gasteiger charge is 2.38. The molecule has 0 aromatic rings. The van der Waals surface area contributed by atoms with Gasteiger partial charge in [-0.25, -0.2) is 9.59 Å². The Kier molecular flexibility index (Phi) is 6.94. The molecule has 5 nitrogen and oxygen atoms in total. The van der Waals surface area contributed by atoms with Gasteiger partial charge in [0.05, 0.1) is 17.8 Å². The van der Waals surface area contributed by atoms with Crippen LogP contribution in [-0.2, 0) is 19.1 Å². The Morgan fingerprint density at radius 2 is 1.86 bits per heavy atom. The number of ether oxygens (including phenoxy) is 2. The highest BCUT2D eigenvalue weighted by molar-refractivity contribution is 6.17. The van der Waals surface area contributed by atoms with Gasteiger partial charge in [0.15, 0.2) is 5.54 Å². The van der Waals surface area contributed by atoms with Gasteiger partial charge in [-0.05, 0) is 52.7 Å². The van der Waals surface area contributed by atoms with Crippen molar-refractivity contribution in [2.75, 3.05) is 5.88 Å². The van der Waals surface area contributed by atoms with E-state index in [9.17, 15) is 9.59 Å². The zero-order valence-electron chi connectivity index (χ0n) is 13.5. The van der Waals surface area contributed by atoms with Crippen LogP contribution in [0, 0.1) is 0 Å². The van der Waals surface area contributed by atoms with Crippen LogP contribution < -0.4 is 5.32 Å². The van der Waals surface area contributed by atoms with Gasteiger partial charge in [0.2, 0.25) is 0 Å². The van der Waals surface area contributed by atoms with E-state index >= 15 is 0 Å². The van der Waals surface area contributed by atoms with Gasteiger partial charge < -0.3 is 14.8 Å². The largest absolute Gasteiger partial charge is 0.461 e. The van der Waals surface area contributed by atoms with Gasteiger partial charge in [0.1, 0.15) is 0 Å². The quantitative estimate of drug-likeness (QED) is 0.574. The molecule has 1 N–H and O–H groups in total. The summed E-state index contributed by atoms with van der Waals surface area (Å²) in [7, 11) is 0. The third-order valence-corrected chi connectivity index (χ3v) is 3.29. The SMILES string of the molecule is CC(C)OC(=O)C1=CNC(CCCCl)(C(=O)OC(C)C)C=C1. The number of rotatable bonds is 7. The fourth-order valence-corrected chi connectivity index (χ4v) is 2.13. The second-order valence-electron chi connectivity index (χ2n) is 5.75. The van der Waals surface area contributed by atoms with E-state index in [0.29, 0.717) is 24.3 Å². The normalized spacial score (nSPS) is 20.6. The maximum atomic E-state index is 12.4. The Hall–Kier alpha value is -1.49. The summed E-state index contributed by atoms with van der Waals surface area (Å²) in [4.78, 5) is 24.2. The molecule has 0 radical (unpaired) electrons. The molecule has 22 heavy (non-hydrogen) atoms. The van der Waals surface area contributed by atoms with E-state index in [4.69, 9.17) is 21.1 Å². The van der Waals surface area contributed by atoms with E-state index in [2.05, 4.69) is 5.32 Å². The van der Waals surface area contributed by atoms with Gasteiger partial charge in [-0.3, -0.25) is 0 Å². The van der Waals surface area contributed by atoms with E-state index in [1.54, 1.807) is 39.8 Å². The molecule has 6 heteroatoms. The highest BCUT2D eigenvalue weighted by Crippen LogP contribution is 2.23. The van der Waals surface area contributed by atoms with Crippen LogP contribution in [0.3, 0.4) is 0 Å². The summed E-state index contributed by atoms with van der Waals surface area (Å²) in [5.41, 5.74) is -0.617. The monoisotopic (exact) mass is 329 g/mol. The molecule has 0 aromatic carbocycles. The smallest absolute Gasteiger partial charge is 0.339 e. The molecule has 1 aliphatic heterocycles. The van der Waals surface area contributed by atoms with Crippen molar-refractivity contribution in [1.82, 2.24) is 5.32 Å². The van der Waals surface area contributed by atoms with Gasteiger partial charge in [-0.1, -0.05) is 0 Å². The van der Waals surface area contributed by atoms with Gasteiger partial charge >= 0.3 is 11.9 Å². The number of halogens is 1. The summed E-state index contributed by atoms with van der Waals surface area (Å²) in [6.07, 6.45) is 5.47. The lowest BCUT2D eigenvalue weighted by Crippen LogP contribution is -2.51. The van der Waals surface area contributed by atoms with E-state index in [-0.39, 0.29) is 18.2 Å². The van der Waals surface area contributed by atoms with Gasteiger partial charge in [-0.15, -0.1) is 11.6 Å². The van der Waals surface area contributed by atoms with Crippen molar-refractivity contribution >= 4 is 23.5 Å². The van der Waals surface area contributed by atoms with E-state index in [1.165, 1.54) is 6.20 Å². The van der Waals surface area contributed by atoms with Crippen LogP contribution in [0.15, 0.2) is 23.9 Å². The first-order chi connectivity index (χ1) is 10.3. The molecule has 0 fully saturated rings. The third kappa shape index (κ3) is 5.05. The van der Waals surface area contributed by atoms with Crippen LogP contribution in [0.25, 0.3) is 0 Å². The lowest BCUT2D eigenvalue weighted by molar-refractivity contribution is -0.153. The Morgan fingerprint density at radius 1 is 1.23 bits per heavy atom. The topological polar surface area (TPSA) is 64.6 Å². The minimum Gasteiger partial charge on any atom is -0.461 e. The Bertz CT molecular complexity index is 471. The predicted octanol–water partition coefficient (Wildman–Crippen LogP) is 2.69. The summed E-state index contributed by atoms with van der Waals surface area (Å²) in [6, 6.07) is 0. The Labute approximate surface area is 136 Å². The molecule has 1 unspecified atom stereocenters. The fraction of sp³-hybridized carbons (Fsp3) is 0.625. The molecule has 0 saturated heterocycles. The molecule has 0 aromatic heterocycles. The first kappa shape index (κ1) is 18.6. The summed E-state index contributed by atoms with van der Waals surface area (Å²) >= 11 is 5.74. The molecule has 1 rings (SSSR count). The average molecular weight is 330 g/mol. The minimum atomic E-state index is -0.985. The van der Waals surface area contributed by atoms with Crippen LogP contribution in [-0.4, -0.2) is 35.6 Å². The van der Waals surface area contributed by atoms with Crippen molar-refractivity contribution in [2.24, 2.45) is 0 Å².